The summed E-state index contributed by atoms with van der Waals surface area (Å²) < 4.78 is 0. The van der Waals surface area contributed by atoms with E-state index in [4.69, 9.17) is 23.2 Å². The maximum Gasteiger partial charge on any atom is 0.319 e. The highest BCUT2D eigenvalue weighted by Gasteiger charge is 2.29. The van der Waals surface area contributed by atoms with Gasteiger partial charge in [0, 0.05) is 35.3 Å². The van der Waals surface area contributed by atoms with Gasteiger partial charge in [-0.1, -0.05) is 23.2 Å². The number of anilines is 2. The molecule has 152 valence electrons. The van der Waals surface area contributed by atoms with E-state index in [2.05, 4.69) is 21.3 Å². The Kier molecular flexibility index (Phi) is 6.95. The molecule has 0 radical (unpaired) electrons. The van der Waals surface area contributed by atoms with E-state index in [9.17, 15) is 14.4 Å². The molecule has 1 aliphatic rings. The average Bonchev–Trinajstić information content (AvgIpc) is 3.54. The second-order valence-corrected chi connectivity index (χ2v) is 7.45. The van der Waals surface area contributed by atoms with Gasteiger partial charge >= 0.3 is 6.03 Å². The molecule has 1 saturated carbocycles. The lowest BCUT2D eigenvalue weighted by atomic mass is 10.2. The Morgan fingerprint density at radius 2 is 1.59 bits per heavy atom. The van der Waals surface area contributed by atoms with Crippen LogP contribution in [0.5, 0.6) is 0 Å². The summed E-state index contributed by atoms with van der Waals surface area (Å²) >= 11 is 11.9. The van der Waals surface area contributed by atoms with Crippen LogP contribution >= 0.6 is 23.2 Å². The summed E-state index contributed by atoms with van der Waals surface area (Å²) in [5.41, 5.74) is 1.52. The molecular weight excluding hydrogens is 415 g/mol. The summed E-state index contributed by atoms with van der Waals surface area (Å²) in [5.74, 6) is -0.131. The van der Waals surface area contributed by atoms with Crippen molar-refractivity contribution in [1.82, 2.24) is 10.6 Å². The molecule has 4 amide bonds. The summed E-state index contributed by atoms with van der Waals surface area (Å²) in [6, 6.07) is 10.9. The van der Waals surface area contributed by atoms with Crippen molar-refractivity contribution in [3.63, 3.8) is 0 Å². The molecular formula is C20H20Cl2N4O3. The Hall–Kier alpha value is -2.77. The standard InChI is InChI=1S/C20H20Cl2N4O3/c21-14-5-8-16(22)17(11-14)26-20(29)24-10-9-23-18(27)12-3-6-15(7-4-12)25-19(28)13-1-2-13/h3-8,11,13H,1-2,9-10H2,(H,23,27)(H,25,28)(H2,24,26,29). The highest BCUT2D eigenvalue weighted by molar-refractivity contribution is 6.35. The van der Waals surface area contributed by atoms with Crippen molar-refractivity contribution in [2.24, 2.45) is 5.92 Å². The summed E-state index contributed by atoms with van der Waals surface area (Å²) in [7, 11) is 0. The van der Waals surface area contributed by atoms with E-state index in [0.29, 0.717) is 27.0 Å². The molecule has 0 aliphatic heterocycles. The van der Waals surface area contributed by atoms with E-state index in [-0.39, 0.29) is 30.8 Å². The smallest absolute Gasteiger partial charge is 0.319 e. The van der Waals surface area contributed by atoms with Gasteiger partial charge < -0.3 is 21.3 Å². The van der Waals surface area contributed by atoms with E-state index in [1.165, 1.54) is 0 Å². The zero-order valence-corrected chi connectivity index (χ0v) is 16.9. The van der Waals surface area contributed by atoms with Crippen LogP contribution in [0.25, 0.3) is 0 Å². The minimum absolute atomic E-state index is 0.0191. The fourth-order valence-corrected chi connectivity index (χ4v) is 2.85. The average molecular weight is 435 g/mol. The maximum atomic E-state index is 12.2. The Morgan fingerprint density at radius 3 is 2.28 bits per heavy atom. The predicted molar refractivity (Wildman–Crippen MR) is 114 cm³/mol. The van der Waals surface area contributed by atoms with Crippen LogP contribution in [0.2, 0.25) is 10.0 Å². The SMILES string of the molecule is O=C(NCCNC(=O)c1ccc(NC(=O)C2CC2)cc1)Nc1cc(Cl)ccc1Cl. The van der Waals surface area contributed by atoms with Crippen LogP contribution in [-0.4, -0.2) is 30.9 Å². The summed E-state index contributed by atoms with van der Waals surface area (Å²) in [6.07, 6.45) is 1.87. The van der Waals surface area contributed by atoms with E-state index < -0.39 is 6.03 Å². The Balaban J connectivity index is 1.38. The molecule has 1 aliphatic carbocycles. The molecule has 4 N–H and O–H groups in total. The van der Waals surface area contributed by atoms with Gasteiger partial charge in [-0.05, 0) is 55.3 Å². The molecule has 0 atom stereocenters. The summed E-state index contributed by atoms with van der Waals surface area (Å²) in [4.78, 5) is 35.8. The van der Waals surface area contributed by atoms with Crippen molar-refractivity contribution in [2.45, 2.75) is 12.8 Å². The predicted octanol–water partition coefficient (Wildman–Crippen LogP) is 3.89. The second-order valence-electron chi connectivity index (χ2n) is 6.60. The number of urea groups is 1. The van der Waals surface area contributed by atoms with Crippen molar-refractivity contribution in [2.75, 3.05) is 23.7 Å². The number of nitrogens with one attached hydrogen (secondary N) is 4. The van der Waals surface area contributed by atoms with Crippen LogP contribution in [0.4, 0.5) is 16.2 Å². The number of halogens is 2. The quantitative estimate of drug-likeness (QED) is 0.497. The minimum Gasteiger partial charge on any atom is -0.350 e. The molecule has 0 saturated heterocycles. The van der Waals surface area contributed by atoms with Gasteiger partial charge in [0.1, 0.15) is 0 Å². The van der Waals surface area contributed by atoms with Gasteiger partial charge in [-0.2, -0.15) is 0 Å². The number of amides is 4. The Morgan fingerprint density at radius 1 is 0.897 bits per heavy atom. The van der Waals surface area contributed by atoms with Gasteiger partial charge in [0.25, 0.3) is 5.91 Å². The first-order chi connectivity index (χ1) is 13.9. The van der Waals surface area contributed by atoms with Crippen LogP contribution < -0.4 is 21.3 Å². The number of carbonyl (C=O) groups excluding carboxylic acids is 3. The van der Waals surface area contributed by atoms with Crippen LogP contribution in [-0.2, 0) is 4.79 Å². The molecule has 2 aromatic carbocycles. The fourth-order valence-electron chi connectivity index (χ4n) is 2.51. The molecule has 0 spiro atoms. The molecule has 0 aromatic heterocycles. The second kappa shape index (κ2) is 9.62. The molecule has 1 fully saturated rings. The largest absolute Gasteiger partial charge is 0.350 e. The lowest BCUT2D eigenvalue weighted by Crippen LogP contribution is -2.36. The third-order valence-corrected chi connectivity index (χ3v) is 4.80. The molecule has 7 nitrogen and oxygen atoms in total. The van der Waals surface area contributed by atoms with E-state index in [1.807, 2.05) is 0 Å². The van der Waals surface area contributed by atoms with Gasteiger partial charge in [0.05, 0.1) is 10.7 Å². The topological polar surface area (TPSA) is 99.3 Å². The number of rotatable bonds is 7. The minimum atomic E-state index is -0.459. The van der Waals surface area contributed by atoms with Crippen LogP contribution in [0, 0.1) is 5.92 Å². The third-order valence-electron chi connectivity index (χ3n) is 4.24. The summed E-state index contributed by atoms with van der Waals surface area (Å²) in [5, 5.41) is 11.6. The third kappa shape index (κ3) is 6.37. The monoisotopic (exact) mass is 434 g/mol. The van der Waals surface area contributed by atoms with Gasteiger partial charge in [-0.3, -0.25) is 9.59 Å². The number of hydrogen-bond acceptors (Lipinski definition) is 3. The lowest BCUT2D eigenvalue weighted by molar-refractivity contribution is -0.117. The van der Waals surface area contributed by atoms with Crippen molar-refractivity contribution < 1.29 is 14.4 Å². The molecule has 0 unspecified atom stereocenters. The molecule has 0 heterocycles. The highest BCUT2D eigenvalue weighted by Crippen LogP contribution is 2.30. The van der Waals surface area contributed by atoms with Gasteiger partial charge in [0.2, 0.25) is 5.91 Å². The Labute approximate surface area is 178 Å². The molecule has 29 heavy (non-hydrogen) atoms. The molecule has 9 heteroatoms. The molecule has 0 bridgehead atoms. The van der Waals surface area contributed by atoms with Gasteiger partial charge in [-0.15, -0.1) is 0 Å². The first-order valence-corrected chi connectivity index (χ1v) is 9.87. The van der Waals surface area contributed by atoms with Crippen molar-refractivity contribution >= 4 is 52.4 Å². The van der Waals surface area contributed by atoms with Crippen LogP contribution in [0.3, 0.4) is 0 Å². The first kappa shape index (κ1) is 21.0. The fraction of sp³-hybridized carbons (Fsp3) is 0.250. The van der Waals surface area contributed by atoms with E-state index >= 15 is 0 Å². The lowest BCUT2D eigenvalue weighted by Gasteiger charge is -2.10. The zero-order valence-electron chi connectivity index (χ0n) is 15.4. The van der Waals surface area contributed by atoms with Crippen LogP contribution in [0.15, 0.2) is 42.5 Å². The molecule has 2 aromatic rings. The van der Waals surface area contributed by atoms with Gasteiger partial charge in [-0.25, -0.2) is 4.79 Å². The number of hydrogen-bond donors (Lipinski definition) is 4. The van der Waals surface area contributed by atoms with E-state index in [1.54, 1.807) is 42.5 Å². The van der Waals surface area contributed by atoms with E-state index in [0.717, 1.165) is 12.8 Å². The normalized spacial score (nSPS) is 12.8. The number of benzene rings is 2. The Bertz CT molecular complexity index is 914. The molecule has 3 rings (SSSR count). The summed E-state index contributed by atoms with van der Waals surface area (Å²) in [6.45, 7) is 0.473. The van der Waals surface area contributed by atoms with Crippen LogP contribution in [0.1, 0.15) is 23.2 Å². The van der Waals surface area contributed by atoms with Crippen molar-refractivity contribution in [3.8, 4) is 0 Å². The first-order valence-electron chi connectivity index (χ1n) is 9.11. The van der Waals surface area contributed by atoms with Crippen molar-refractivity contribution in [3.05, 3.63) is 58.1 Å². The van der Waals surface area contributed by atoms with Gasteiger partial charge in [0.15, 0.2) is 0 Å². The number of carbonyl (C=O) groups is 3. The maximum absolute atomic E-state index is 12.2. The highest BCUT2D eigenvalue weighted by atomic mass is 35.5. The van der Waals surface area contributed by atoms with Crippen molar-refractivity contribution in [1.29, 1.82) is 0 Å². The zero-order chi connectivity index (χ0) is 20.8.